The van der Waals surface area contributed by atoms with Gasteiger partial charge in [0, 0.05) is 18.6 Å². The van der Waals surface area contributed by atoms with Crippen LogP contribution in [0.5, 0.6) is 11.5 Å². The Morgan fingerprint density at radius 3 is 1.86 bits per heavy atom. The van der Waals surface area contributed by atoms with Crippen molar-refractivity contribution in [3.63, 3.8) is 0 Å². The van der Waals surface area contributed by atoms with Gasteiger partial charge in [0.2, 0.25) is 0 Å². The van der Waals surface area contributed by atoms with Crippen molar-refractivity contribution in [2.45, 2.75) is 50.9 Å². The average Bonchev–Trinajstić information content (AvgIpc) is 2.87. The van der Waals surface area contributed by atoms with Gasteiger partial charge in [-0.3, -0.25) is 0 Å². The maximum atomic E-state index is 12.4. The molecule has 8 nitrogen and oxygen atoms in total. The van der Waals surface area contributed by atoms with Crippen molar-refractivity contribution in [3.8, 4) is 11.5 Å². The van der Waals surface area contributed by atoms with Crippen LogP contribution in [0.3, 0.4) is 0 Å². The summed E-state index contributed by atoms with van der Waals surface area (Å²) in [7, 11) is 3.16. The number of hydrogen-bond acceptors (Lipinski definition) is 6. The normalized spacial score (nSPS) is 16.2. The first-order valence-electron chi connectivity index (χ1n) is 11.6. The average molecular weight is 485 g/mol. The van der Waals surface area contributed by atoms with Crippen molar-refractivity contribution < 1.29 is 38.7 Å². The SMILES string of the molecule is COc1ccc(CC(Cc2ccc(OC)cc2)=C(CC(OC2CCCCO2)C(=O)O)C(=O)O)cc1. The Hall–Kier alpha value is -3.36. The molecule has 0 saturated carbocycles. The topological polar surface area (TPSA) is 112 Å². The number of rotatable bonds is 12. The lowest BCUT2D eigenvalue weighted by molar-refractivity contribution is -0.200. The summed E-state index contributed by atoms with van der Waals surface area (Å²) < 4.78 is 21.6. The third-order valence-corrected chi connectivity index (χ3v) is 5.96. The van der Waals surface area contributed by atoms with Gasteiger partial charge in [-0.1, -0.05) is 29.8 Å². The first-order chi connectivity index (χ1) is 16.9. The molecular formula is C27H32O8. The summed E-state index contributed by atoms with van der Waals surface area (Å²) in [5, 5.41) is 19.9. The van der Waals surface area contributed by atoms with Gasteiger partial charge in [-0.05, 0) is 67.5 Å². The molecule has 1 saturated heterocycles. The number of allylic oxidation sites excluding steroid dienone is 1. The summed E-state index contributed by atoms with van der Waals surface area (Å²) in [4.78, 5) is 24.4. The van der Waals surface area contributed by atoms with Crippen LogP contribution in [0.2, 0.25) is 0 Å². The first-order valence-corrected chi connectivity index (χ1v) is 11.6. The maximum absolute atomic E-state index is 12.4. The standard InChI is InChI=1S/C27H32O8/c1-32-21-10-6-18(7-11-21)15-20(16-19-8-12-22(33-2)13-9-19)23(26(28)29)17-24(27(30)31)35-25-5-3-4-14-34-25/h6-13,24-25H,3-5,14-17H2,1-2H3,(H,28,29)(H,30,31). The lowest BCUT2D eigenvalue weighted by atomic mass is 9.91. The molecule has 2 unspecified atom stereocenters. The smallest absolute Gasteiger partial charge is 0.333 e. The van der Waals surface area contributed by atoms with Crippen molar-refractivity contribution in [3.05, 3.63) is 70.8 Å². The van der Waals surface area contributed by atoms with Gasteiger partial charge >= 0.3 is 11.9 Å². The fourth-order valence-electron chi connectivity index (χ4n) is 4.02. The van der Waals surface area contributed by atoms with E-state index in [0.29, 0.717) is 42.9 Å². The number of methoxy groups -OCH3 is 2. The molecule has 188 valence electrons. The molecule has 0 amide bonds. The molecule has 0 bridgehead atoms. The predicted octanol–water partition coefficient (Wildman–Crippen LogP) is 4.26. The molecule has 1 heterocycles. The maximum Gasteiger partial charge on any atom is 0.333 e. The van der Waals surface area contributed by atoms with Gasteiger partial charge < -0.3 is 29.2 Å². The van der Waals surface area contributed by atoms with E-state index < -0.39 is 24.3 Å². The van der Waals surface area contributed by atoms with E-state index >= 15 is 0 Å². The Morgan fingerprint density at radius 1 is 0.914 bits per heavy atom. The lowest BCUT2D eigenvalue weighted by Gasteiger charge is -2.26. The Kier molecular flexibility index (Phi) is 9.69. The van der Waals surface area contributed by atoms with Gasteiger partial charge in [0.15, 0.2) is 12.4 Å². The summed E-state index contributed by atoms with van der Waals surface area (Å²) in [5.41, 5.74) is 2.40. The molecule has 0 radical (unpaired) electrons. The predicted molar refractivity (Wildman–Crippen MR) is 129 cm³/mol. The van der Waals surface area contributed by atoms with Crippen molar-refractivity contribution in [2.75, 3.05) is 20.8 Å². The van der Waals surface area contributed by atoms with E-state index in [4.69, 9.17) is 18.9 Å². The molecule has 2 aromatic rings. The highest BCUT2D eigenvalue weighted by atomic mass is 16.7. The second-order valence-corrected chi connectivity index (χ2v) is 8.40. The molecule has 0 aliphatic carbocycles. The Labute approximate surface area is 205 Å². The van der Waals surface area contributed by atoms with Crippen molar-refractivity contribution in [2.24, 2.45) is 0 Å². The summed E-state index contributed by atoms with van der Waals surface area (Å²) >= 11 is 0. The van der Waals surface area contributed by atoms with Gasteiger partial charge in [-0.25, -0.2) is 9.59 Å². The largest absolute Gasteiger partial charge is 0.497 e. The van der Waals surface area contributed by atoms with Gasteiger partial charge in [-0.2, -0.15) is 0 Å². The molecule has 2 N–H and O–H groups in total. The minimum atomic E-state index is -1.33. The summed E-state index contributed by atoms with van der Waals surface area (Å²) in [6, 6.07) is 14.7. The third-order valence-electron chi connectivity index (χ3n) is 5.96. The van der Waals surface area contributed by atoms with E-state index in [1.165, 1.54) is 0 Å². The Morgan fingerprint density at radius 2 is 1.46 bits per heavy atom. The second kappa shape index (κ2) is 12.9. The van der Waals surface area contributed by atoms with Crippen LogP contribution in [-0.4, -0.2) is 55.4 Å². The van der Waals surface area contributed by atoms with Crippen LogP contribution in [0, 0.1) is 0 Å². The van der Waals surface area contributed by atoms with Gasteiger partial charge in [-0.15, -0.1) is 0 Å². The molecule has 0 aromatic heterocycles. The van der Waals surface area contributed by atoms with Crippen molar-refractivity contribution in [1.82, 2.24) is 0 Å². The summed E-state index contributed by atoms with van der Waals surface area (Å²) in [6.07, 6.45) is 0.780. The molecule has 2 aromatic carbocycles. The van der Waals surface area contributed by atoms with Crippen LogP contribution in [0.15, 0.2) is 59.7 Å². The zero-order chi connectivity index (χ0) is 25.2. The molecule has 1 fully saturated rings. The van der Waals surface area contributed by atoms with Gasteiger partial charge in [0.05, 0.1) is 14.2 Å². The van der Waals surface area contributed by atoms with E-state index in [-0.39, 0.29) is 12.0 Å². The highest BCUT2D eigenvalue weighted by Crippen LogP contribution is 2.26. The lowest BCUT2D eigenvalue weighted by Crippen LogP contribution is -2.34. The molecule has 8 heteroatoms. The quantitative estimate of drug-likeness (QED) is 0.430. The first kappa shape index (κ1) is 26.2. The van der Waals surface area contributed by atoms with Crippen molar-refractivity contribution in [1.29, 1.82) is 0 Å². The van der Waals surface area contributed by atoms with E-state index in [1.807, 2.05) is 48.5 Å². The number of carboxylic acid groups (broad SMARTS) is 2. The Bertz CT molecular complexity index is 953. The van der Waals surface area contributed by atoms with Gasteiger partial charge in [0.25, 0.3) is 0 Å². The number of benzene rings is 2. The molecule has 0 spiro atoms. The highest BCUT2D eigenvalue weighted by Gasteiger charge is 2.29. The fraction of sp³-hybridized carbons (Fsp3) is 0.407. The van der Waals surface area contributed by atoms with Crippen LogP contribution in [0.25, 0.3) is 0 Å². The number of hydrogen-bond donors (Lipinski definition) is 2. The fourth-order valence-corrected chi connectivity index (χ4v) is 4.02. The molecule has 1 aliphatic rings. The van der Waals surface area contributed by atoms with E-state index in [2.05, 4.69) is 0 Å². The molecule has 2 atom stereocenters. The number of aliphatic carboxylic acids is 2. The number of ether oxygens (including phenoxy) is 4. The molecule has 35 heavy (non-hydrogen) atoms. The summed E-state index contributed by atoms with van der Waals surface area (Å²) in [6.45, 7) is 0.499. The minimum Gasteiger partial charge on any atom is -0.497 e. The van der Waals surface area contributed by atoms with E-state index in [1.54, 1.807) is 14.2 Å². The van der Waals surface area contributed by atoms with Crippen LogP contribution >= 0.6 is 0 Å². The summed E-state index contributed by atoms with van der Waals surface area (Å²) in [5.74, 6) is -0.993. The molecule has 3 rings (SSSR count). The zero-order valence-electron chi connectivity index (χ0n) is 20.1. The monoisotopic (exact) mass is 484 g/mol. The van der Waals surface area contributed by atoms with Crippen molar-refractivity contribution >= 4 is 11.9 Å². The second-order valence-electron chi connectivity index (χ2n) is 8.40. The van der Waals surface area contributed by atoms with Crippen LogP contribution in [0.4, 0.5) is 0 Å². The van der Waals surface area contributed by atoms with Crippen LogP contribution < -0.4 is 9.47 Å². The third kappa shape index (κ3) is 7.83. The van der Waals surface area contributed by atoms with Gasteiger partial charge in [0.1, 0.15) is 11.5 Å². The minimum absolute atomic E-state index is 0.0276. The molecular weight excluding hydrogens is 452 g/mol. The van der Waals surface area contributed by atoms with E-state index in [0.717, 1.165) is 24.0 Å². The number of carboxylic acids is 2. The van der Waals surface area contributed by atoms with Crippen LogP contribution in [0.1, 0.15) is 36.8 Å². The van der Waals surface area contributed by atoms with Crippen LogP contribution in [-0.2, 0) is 31.9 Å². The zero-order valence-corrected chi connectivity index (χ0v) is 20.1. The number of carbonyl (C=O) groups is 2. The van der Waals surface area contributed by atoms with E-state index in [9.17, 15) is 19.8 Å². The molecule has 1 aliphatic heterocycles. The Balaban J connectivity index is 1.93. The highest BCUT2D eigenvalue weighted by molar-refractivity contribution is 5.89.